The summed E-state index contributed by atoms with van der Waals surface area (Å²) in [6.07, 6.45) is 11.2. The normalized spacial score (nSPS) is 24.6. The molecule has 1 saturated carbocycles. The Morgan fingerprint density at radius 1 is 1.10 bits per heavy atom. The van der Waals surface area contributed by atoms with Crippen LogP contribution in [0.3, 0.4) is 0 Å². The highest BCUT2D eigenvalue weighted by molar-refractivity contribution is 4.85. The lowest BCUT2D eigenvalue weighted by Gasteiger charge is -2.39. The standard InChI is InChI=1S/C18H37N3/c1-4-12-19-18(16-8-6-5-7-9-16)15-21(3)17-10-13-20(2)14-11-17/h16-19H,4-15H2,1-3H3. The van der Waals surface area contributed by atoms with Crippen LogP contribution in [-0.2, 0) is 0 Å². The maximum absolute atomic E-state index is 3.87. The first-order chi connectivity index (χ1) is 10.2. The fraction of sp³-hybridized carbons (Fsp3) is 1.00. The molecular weight excluding hydrogens is 258 g/mol. The SMILES string of the molecule is CCCNC(CN(C)C1CCN(C)CC1)C1CCCCC1. The van der Waals surface area contributed by atoms with Gasteiger partial charge in [0.25, 0.3) is 0 Å². The maximum atomic E-state index is 3.87. The third-order valence-corrected chi connectivity index (χ3v) is 5.67. The Balaban J connectivity index is 1.84. The van der Waals surface area contributed by atoms with Crippen LogP contribution in [0.5, 0.6) is 0 Å². The highest BCUT2D eigenvalue weighted by atomic mass is 15.2. The van der Waals surface area contributed by atoms with Crippen molar-refractivity contribution in [3.63, 3.8) is 0 Å². The van der Waals surface area contributed by atoms with Gasteiger partial charge in [-0.2, -0.15) is 0 Å². The maximum Gasteiger partial charge on any atom is 0.0223 e. The van der Waals surface area contributed by atoms with E-state index < -0.39 is 0 Å². The number of hydrogen-bond acceptors (Lipinski definition) is 3. The van der Waals surface area contributed by atoms with Gasteiger partial charge in [-0.3, -0.25) is 0 Å². The molecule has 1 aliphatic heterocycles. The van der Waals surface area contributed by atoms with Gasteiger partial charge in [-0.1, -0.05) is 26.2 Å². The molecule has 0 bridgehead atoms. The lowest BCUT2D eigenvalue weighted by molar-refractivity contribution is 0.118. The third-order valence-electron chi connectivity index (χ3n) is 5.67. The molecular formula is C18H37N3. The summed E-state index contributed by atoms with van der Waals surface area (Å²) in [5.74, 6) is 0.916. The van der Waals surface area contributed by atoms with Crippen molar-refractivity contribution in [1.82, 2.24) is 15.1 Å². The van der Waals surface area contributed by atoms with E-state index in [4.69, 9.17) is 0 Å². The van der Waals surface area contributed by atoms with E-state index in [0.29, 0.717) is 0 Å². The van der Waals surface area contributed by atoms with E-state index in [0.717, 1.165) is 18.0 Å². The van der Waals surface area contributed by atoms with E-state index in [2.05, 4.69) is 36.1 Å². The summed E-state index contributed by atoms with van der Waals surface area (Å²) in [6.45, 7) is 7.25. The summed E-state index contributed by atoms with van der Waals surface area (Å²) in [5.41, 5.74) is 0. The number of likely N-dealkylation sites (tertiary alicyclic amines) is 1. The summed E-state index contributed by atoms with van der Waals surface area (Å²) in [6, 6.07) is 1.52. The third kappa shape index (κ3) is 5.54. The molecule has 3 heteroatoms. The van der Waals surface area contributed by atoms with Crippen molar-refractivity contribution in [2.45, 2.75) is 70.4 Å². The molecule has 0 radical (unpaired) electrons. The van der Waals surface area contributed by atoms with E-state index in [1.165, 1.54) is 77.5 Å². The van der Waals surface area contributed by atoms with E-state index in [1.54, 1.807) is 0 Å². The Bertz CT molecular complexity index is 268. The topological polar surface area (TPSA) is 18.5 Å². The second-order valence-electron chi connectivity index (χ2n) is 7.43. The quantitative estimate of drug-likeness (QED) is 0.779. The smallest absolute Gasteiger partial charge is 0.0223 e. The largest absolute Gasteiger partial charge is 0.312 e. The second-order valence-corrected chi connectivity index (χ2v) is 7.43. The molecule has 124 valence electrons. The molecule has 0 spiro atoms. The Morgan fingerprint density at radius 3 is 2.38 bits per heavy atom. The first-order valence-electron chi connectivity index (χ1n) is 9.33. The van der Waals surface area contributed by atoms with Crippen LogP contribution in [0, 0.1) is 5.92 Å². The van der Waals surface area contributed by atoms with E-state index in [1.807, 2.05) is 0 Å². The van der Waals surface area contributed by atoms with Crippen molar-refractivity contribution in [1.29, 1.82) is 0 Å². The molecule has 0 amide bonds. The predicted molar refractivity (Wildman–Crippen MR) is 91.8 cm³/mol. The van der Waals surface area contributed by atoms with Crippen LogP contribution in [0.2, 0.25) is 0 Å². The van der Waals surface area contributed by atoms with E-state index in [9.17, 15) is 0 Å². The Hall–Kier alpha value is -0.120. The summed E-state index contributed by atoms with van der Waals surface area (Å²) < 4.78 is 0. The molecule has 2 aliphatic rings. The molecule has 2 rings (SSSR count). The summed E-state index contributed by atoms with van der Waals surface area (Å²) in [5, 5.41) is 3.87. The fourth-order valence-corrected chi connectivity index (χ4v) is 4.14. The lowest BCUT2D eigenvalue weighted by Crippen LogP contribution is -2.50. The van der Waals surface area contributed by atoms with E-state index >= 15 is 0 Å². The van der Waals surface area contributed by atoms with Crippen LogP contribution in [0.25, 0.3) is 0 Å². The zero-order valence-electron chi connectivity index (χ0n) is 14.6. The van der Waals surface area contributed by atoms with Crippen LogP contribution in [0.1, 0.15) is 58.3 Å². The number of rotatable bonds is 7. The second kappa shape index (κ2) is 9.12. The van der Waals surface area contributed by atoms with Crippen molar-refractivity contribution < 1.29 is 0 Å². The average Bonchev–Trinajstić information content (AvgIpc) is 2.52. The molecule has 3 nitrogen and oxygen atoms in total. The first-order valence-corrected chi connectivity index (χ1v) is 9.33. The van der Waals surface area contributed by atoms with Crippen molar-refractivity contribution in [2.24, 2.45) is 5.92 Å². The highest BCUT2D eigenvalue weighted by Gasteiger charge is 2.27. The molecule has 0 aromatic heterocycles. The van der Waals surface area contributed by atoms with Crippen molar-refractivity contribution in [2.75, 3.05) is 40.3 Å². The molecule has 1 unspecified atom stereocenters. The van der Waals surface area contributed by atoms with Crippen LogP contribution in [0.4, 0.5) is 0 Å². The van der Waals surface area contributed by atoms with Gasteiger partial charge in [-0.25, -0.2) is 0 Å². The predicted octanol–water partition coefficient (Wildman–Crippen LogP) is 2.96. The number of hydrogen-bond donors (Lipinski definition) is 1. The number of likely N-dealkylation sites (N-methyl/N-ethyl adjacent to an activating group) is 1. The molecule has 0 aromatic carbocycles. The zero-order chi connectivity index (χ0) is 15.1. The minimum atomic E-state index is 0.718. The van der Waals surface area contributed by atoms with Gasteiger partial charge < -0.3 is 15.1 Å². The minimum absolute atomic E-state index is 0.718. The zero-order valence-corrected chi connectivity index (χ0v) is 14.6. The summed E-state index contributed by atoms with van der Waals surface area (Å²) >= 11 is 0. The summed E-state index contributed by atoms with van der Waals surface area (Å²) in [7, 11) is 4.61. The van der Waals surface area contributed by atoms with Gasteiger partial charge in [0.2, 0.25) is 0 Å². The van der Waals surface area contributed by atoms with Gasteiger partial charge in [0.15, 0.2) is 0 Å². The van der Waals surface area contributed by atoms with Gasteiger partial charge in [-0.05, 0) is 71.8 Å². The molecule has 1 atom stereocenters. The van der Waals surface area contributed by atoms with Crippen LogP contribution in [0.15, 0.2) is 0 Å². The van der Waals surface area contributed by atoms with E-state index in [-0.39, 0.29) is 0 Å². The Kier molecular flexibility index (Phi) is 7.48. The Morgan fingerprint density at radius 2 is 1.76 bits per heavy atom. The first kappa shape index (κ1) is 17.2. The average molecular weight is 296 g/mol. The molecule has 21 heavy (non-hydrogen) atoms. The van der Waals surface area contributed by atoms with Crippen molar-refractivity contribution in [3.05, 3.63) is 0 Å². The fourth-order valence-electron chi connectivity index (χ4n) is 4.14. The lowest BCUT2D eigenvalue weighted by atomic mass is 9.83. The highest BCUT2D eigenvalue weighted by Crippen LogP contribution is 2.27. The number of nitrogens with zero attached hydrogens (tertiary/aromatic N) is 2. The van der Waals surface area contributed by atoms with Gasteiger partial charge >= 0.3 is 0 Å². The van der Waals surface area contributed by atoms with Crippen LogP contribution >= 0.6 is 0 Å². The Labute approximate surface area is 132 Å². The van der Waals surface area contributed by atoms with Gasteiger partial charge in [0, 0.05) is 18.6 Å². The van der Waals surface area contributed by atoms with Crippen molar-refractivity contribution in [3.8, 4) is 0 Å². The molecule has 1 heterocycles. The van der Waals surface area contributed by atoms with Gasteiger partial charge in [0.05, 0.1) is 0 Å². The minimum Gasteiger partial charge on any atom is -0.312 e. The number of nitrogens with one attached hydrogen (secondary N) is 1. The van der Waals surface area contributed by atoms with Crippen molar-refractivity contribution >= 4 is 0 Å². The van der Waals surface area contributed by atoms with Crippen LogP contribution in [-0.4, -0.2) is 62.2 Å². The summed E-state index contributed by atoms with van der Waals surface area (Å²) in [4.78, 5) is 5.13. The molecule has 2 fully saturated rings. The van der Waals surface area contributed by atoms with Gasteiger partial charge in [0.1, 0.15) is 0 Å². The molecule has 1 saturated heterocycles. The number of piperidine rings is 1. The van der Waals surface area contributed by atoms with Gasteiger partial charge in [-0.15, -0.1) is 0 Å². The monoisotopic (exact) mass is 295 g/mol. The molecule has 0 aromatic rings. The molecule has 1 N–H and O–H groups in total. The van der Waals surface area contributed by atoms with Crippen LogP contribution < -0.4 is 5.32 Å². The molecule has 1 aliphatic carbocycles.